The first-order valence-electron chi connectivity index (χ1n) is 3.92. The predicted octanol–water partition coefficient (Wildman–Crippen LogP) is -0.474. The Labute approximate surface area is 76.9 Å². The van der Waals surface area contributed by atoms with E-state index >= 15 is 0 Å². The number of carbonyl (C=O) groups excluding carboxylic acids is 2. The molecule has 2 amide bonds. The zero-order valence-corrected chi connectivity index (χ0v) is 7.70. The number of nitriles is 1. The zero-order chi connectivity index (χ0) is 10.4. The standard InChI is InChI=1S/C8H13N3O2/c1-5(3-4-9)7(8(10)13)11-6(2)12/h5,7H,3H2,1-2H3,(H2,10,13)(H,11,12)/t5-,7-/m1/s1. The van der Waals surface area contributed by atoms with Crippen LogP contribution in [0.25, 0.3) is 0 Å². The normalized spacial score (nSPS) is 13.9. The highest BCUT2D eigenvalue weighted by Crippen LogP contribution is 2.06. The third-order valence-corrected chi connectivity index (χ3v) is 1.65. The number of rotatable bonds is 4. The van der Waals surface area contributed by atoms with E-state index in [2.05, 4.69) is 5.32 Å². The summed E-state index contributed by atoms with van der Waals surface area (Å²) in [5, 5.41) is 10.8. The summed E-state index contributed by atoms with van der Waals surface area (Å²) in [6.45, 7) is 2.99. The molecule has 5 nitrogen and oxygen atoms in total. The summed E-state index contributed by atoms with van der Waals surface area (Å²) in [6.07, 6.45) is 0.188. The van der Waals surface area contributed by atoms with Gasteiger partial charge in [0.15, 0.2) is 0 Å². The first kappa shape index (κ1) is 11.4. The van der Waals surface area contributed by atoms with Gasteiger partial charge in [0, 0.05) is 13.3 Å². The molecule has 3 N–H and O–H groups in total. The highest BCUT2D eigenvalue weighted by Gasteiger charge is 2.23. The van der Waals surface area contributed by atoms with Crippen molar-refractivity contribution in [3.8, 4) is 6.07 Å². The van der Waals surface area contributed by atoms with Crippen LogP contribution in [0.2, 0.25) is 0 Å². The summed E-state index contributed by atoms with van der Waals surface area (Å²) in [5.74, 6) is -1.20. The van der Waals surface area contributed by atoms with E-state index in [1.165, 1.54) is 6.92 Å². The summed E-state index contributed by atoms with van der Waals surface area (Å²) in [4.78, 5) is 21.5. The summed E-state index contributed by atoms with van der Waals surface area (Å²) in [7, 11) is 0. The molecule has 0 aliphatic carbocycles. The average molecular weight is 183 g/mol. The average Bonchev–Trinajstić information content (AvgIpc) is 1.99. The van der Waals surface area contributed by atoms with E-state index in [0.717, 1.165) is 0 Å². The third kappa shape index (κ3) is 4.11. The molecule has 0 radical (unpaired) electrons. The van der Waals surface area contributed by atoms with Crippen molar-refractivity contribution in [2.75, 3.05) is 0 Å². The van der Waals surface area contributed by atoms with Gasteiger partial charge in [-0.3, -0.25) is 9.59 Å². The monoisotopic (exact) mass is 183 g/mol. The molecule has 0 fully saturated rings. The first-order chi connectivity index (χ1) is 5.99. The topological polar surface area (TPSA) is 96.0 Å². The Morgan fingerprint density at radius 1 is 1.62 bits per heavy atom. The molecule has 0 heterocycles. The Balaban J connectivity index is 4.34. The molecule has 0 rings (SSSR count). The Bertz CT molecular complexity index is 244. The lowest BCUT2D eigenvalue weighted by Gasteiger charge is -2.18. The maximum Gasteiger partial charge on any atom is 0.240 e. The molecule has 5 heteroatoms. The van der Waals surface area contributed by atoms with E-state index in [-0.39, 0.29) is 18.2 Å². The van der Waals surface area contributed by atoms with Crippen molar-refractivity contribution >= 4 is 11.8 Å². The van der Waals surface area contributed by atoms with E-state index in [0.29, 0.717) is 0 Å². The summed E-state index contributed by atoms with van der Waals surface area (Å²) in [5.41, 5.74) is 5.05. The molecule has 2 atom stereocenters. The van der Waals surface area contributed by atoms with Gasteiger partial charge in [-0.25, -0.2) is 0 Å². The van der Waals surface area contributed by atoms with Crippen molar-refractivity contribution in [1.82, 2.24) is 5.32 Å². The second-order valence-corrected chi connectivity index (χ2v) is 2.92. The van der Waals surface area contributed by atoms with Crippen molar-refractivity contribution < 1.29 is 9.59 Å². The molecule has 0 saturated carbocycles. The number of nitrogens with one attached hydrogen (secondary N) is 1. The molecule has 0 aromatic rings. The molecule has 13 heavy (non-hydrogen) atoms. The second-order valence-electron chi connectivity index (χ2n) is 2.92. The molecule has 72 valence electrons. The number of hydrogen-bond donors (Lipinski definition) is 2. The fraction of sp³-hybridized carbons (Fsp3) is 0.625. The smallest absolute Gasteiger partial charge is 0.240 e. The van der Waals surface area contributed by atoms with E-state index in [1.807, 2.05) is 6.07 Å². The fourth-order valence-electron chi connectivity index (χ4n) is 0.975. The fourth-order valence-corrected chi connectivity index (χ4v) is 0.975. The second kappa shape index (κ2) is 5.14. The number of nitrogens with two attached hydrogens (primary N) is 1. The van der Waals surface area contributed by atoms with Crippen molar-refractivity contribution in [2.45, 2.75) is 26.3 Å². The van der Waals surface area contributed by atoms with Gasteiger partial charge in [0.25, 0.3) is 0 Å². The van der Waals surface area contributed by atoms with E-state index in [9.17, 15) is 9.59 Å². The molecule has 0 saturated heterocycles. The molecular formula is C8H13N3O2. The zero-order valence-electron chi connectivity index (χ0n) is 7.70. The molecule has 0 aromatic heterocycles. The Hall–Kier alpha value is -1.57. The minimum atomic E-state index is -0.753. The highest BCUT2D eigenvalue weighted by molar-refractivity contribution is 5.85. The van der Waals surface area contributed by atoms with Crippen LogP contribution in [0.15, 0.2) is 0 Å². The van der Waals surface area contributed by atoms with E-state index in [4.69, 9.17) is 11.0 Å². The molecule has 0 unspecified atom stereocenters. The Kier molecular flexibility index (Phi) is 4.52. The van der Waals surface area contributed by atoms with E-state index < -0.39 is 11.9 Å². The lowest BCUT2D eigenvalue weighted by molar-refractivity contribution is -0.127. The van der Waals surface area contributed by atoms with Crippen LogP contribution in [0.3, 0.4) is 0 Å². The first-order valence-corrected chi connectivity index (χ1v) is 3.92. The molecule has 0 aliphatic rings. The predicted molar refractivity (Wildman–Crippen MR) is 46.2 cm³/mol. The minimum Gasteiger partial charge on any atom is -0.368 e. The lowest BCUT2D eigenvalue weighted by Crippen LogP contribution is -2.47. The van der Waals surface area contributed by atoms with Crippen molar-refractivity contribution in [1.29, 1.82) is 5.26 Å². The molecule has 0 aliphatic heterocycles. The number of hydrogen-bond acceptors (Lipinski definition) is 3. The van der Waals surface area contributed by atoms with Crippen LogP contribution in [0.1, 0.15) is 20.3 Å². The van der Waals surface area contributed by atoms with Gasteiger partial charge < -0.3 is 11.1 Å². The highest BCUT2D eigenvalue weighted by atomic mass is 16.2. The summed E-state index contributed by atoms with van der Waals surface area (Å²) in [6, 6.07) is 1.16. The Morgan fingerprint density at radius 3 is 2.46 bits per heavy atom. The van der Waals surface area contributed by atoms with Gasteiger partial charge in [-0.1, -0.05) is 6.92 Å². The van der Waals surface area contributed by atoms with Crippen LogP contribution in [0.5, 0.6) is 0 Å². The van der Waals surface area contributed by atoms with Gasteiger partial charge in [0.2, 0.25) is 11.8 Å². The van der Waals surface area contributed by atoms with Crippen LogP contribution in [0, 0.1) is 17.2 Å². The van der Waals surface area contributed by atoms with Crippen LogP contribution in [0.4, 0.5) is 0 Å². The van der Waals surface area contributed by atoms with E-state index in [1.54, 1.807) is 6.92 Å². The van der Waals surface area contributed by atoms with Gasteiger partial charge in [-0.15, -0.1) is 0 Å². The number of amides is 2. The van der Waals surface area contributed by atoms with Gasteiger partial charge >= 0.3 is 0 Å². The quantitative estimate of drug-likeness (QED) is 0.616. The summed E-state index contributed by atoms with van der Waals surface area (Å²) < 4.78 is 0. The maximum atomic E-state index is 10.8. The minimum absolute atomic E-state index is 0.188. The molecular weight excluding hydrogens is 170 g/mol. The number of primary amides is 1. The molecule has 0 aromatic carbocycles. The molecule has 0 spiro atoms. The Morgan fingerprint density at radius 2 is 2.15 bits per heavy atom. The van der Waals surface area contributed by atoms with Gasteiger partial charge in [0.1, 0.15) is 6.04 Å². The van der Waals surface area contributed by atoms with Gasteiger partial charge in [-0.05, 0) is 5.92 Å². The maximum absolute atomic E-state index is 10.8. The van der Waals surface area contributed by atoms with Crippen molar-refractivity contribution in [3.63, 3.8) is 0 Å². The van der Waals surface area contributed by atoms with Crippen LogP contribution < -0.4 is 11.1 Å². The van der Waals surface area contributed by atoms with Crippen LogP contribution in [-0.2, 0) is 9.59 Å². The van der Waals surface area contributed by atoms with Crippen LogP contribution >= 0.6 is 0 Å². The van der Waals surface area contributed by atoms with Gasteiger partial charge in [0.05, 0.1) is 6.07 Å². The summed E-state index contributed by atoms with van der Waals surface area (Å²) >= 11 is 0. The number of carbonyl (C=O) groups is 2. The van der Waals surface area contributed by atoms with Crippen molar-refractivity contribution in [3.05, 3.63) is 0 Å². The largest absolute Gasteiger partial charge is 0.368 e. The SMILES string of the molecule is CC(=O)N[C@@H](C(N)=O)[C@H](C)CC#N. The van der Waals surface area contributed by atoms with Crippen molar-refractivity contribution in [2.24, 2.45) is 11.7 Å². The molecule has 0 bridgehead atoms. The number of nitrogens with zero attached hydrogens (tertiary/aromatic N) is 1. The van der Waals surface area contributed by atoms with Gasteiger partial charge in [-0.2, -0.15) is 5.26 Å². The lowest BCUT2D eigenvalue weighted by atomic mass is 9.98. The third-order valence-electron chi connectivity index (χ3n) is 1.65. The van der Waals surface area contributed by atoms with Crippen LogP contribution in [-0.4, -0.2) is 17.9 Å².